The molecule has 0 aromatic heterocycles. The minimum absolute atomic E-state index is 0.0227. The van der Waals surface area contributed by atoms with Gasteiger partial charge in [-0.25, -0.2) is 0 Å². The highest BCUT2D eigenvalue weighted by Crippen LogP contribution is 2.27. The lowest BCUT2D eigenvalue weighted by Crippen LogP contribution is -2.40. The van der Waals surface area contributed by atoms with Crippen LogP contribution in [0.1, 0.15) is 32.8 Å². The summed E-state index contributed by atoms with van der Waals surface area (Å²) < 4.78 is 0. The Morgan fingerprint density at radius 1 is 1.27 bits per heavy atom. The molecule has 1 atom stereocenters. The maximum atomic E-state index is 6.17. The van der Waals surface area contributed by atoms with Crippen molar-refractivity contribution in [3.8, 4) is 11.8 Å². The van der Waals surface area contributed by atoms with Crippen molar-refractivity contribution in [3.05, 3.63) is 35.9 Å². The van der Waals surface area contributed by atoms with Crippen LogP contribution < -0.4 is 5.73 Å². The highest BCUT2D eigenvalue weighted by molar-refractivity contribution is 5.26. The fraction of sp³-hybridized carbons (Fsp3) is 0.429. The van der Waals surface area contributed by atoms with Crippen LogP contribution in [-0.2, 0) is 5.41 Å². The minimum atomic E-state index is -0.0227. The molecular formula is C14H19N. The van der Waals surface area contributed by atoms with Gasteiger partial charge >= 0.3 is 0 Å². The predicted octanol–water partition coefficient (Wildman–Crippen LogP) is 2.70. The van der Waals surface area contributed by atoms with Crippen molar-refractivity contribution < 1.29 is 0 Å². The van der Waals surface area contributed by atoms with E-state index < -0.39 is 0 Å². The first-order chi connectivity index (χ1) is 7.09. The van der Waals surface area contributed by atoms with Gasteiger partial charge in [-0.05, 0) is 12.5 Å². The van der Waals surface area contributed by atoms with Gasteiger partial charge in [0.15, 0.2) is 0 Å². The first kappa shape index (κ1) is 11.8. The van der Waals surface area contributed by atoms with Crippen molar-refractivity contribution in [2.45, 2.75) is 38.6 Å². The highest BCUT2D eigenvalue weighted by Gasteiger charge is 2.27. The van der Waals surface area contributed by atoms with Gasteiger partial charge in [-0.15, -0.1) is 11.8 Å². The second-order valence-electron chi connectivity index (χ2n) is 4.33. The Labute approximate surface area is 92.7 Å². The van der Waals surface area contributed by atoms with Crippen molar-refractivity contribution in [1.29, 1.82) is 0 Å². The second kappa shape index (κ2) is 5.00. The number of hydrogen-bond donors (Lipinski definition) is 1. The van der Waals surface area contributed by atoms with Gasteiger partial charge in [0.25, 0.3) is 0 Å². The summed E-state index contributed by atoms with van der Waals surface area (Å²) in [6.07, 6.45) is 0.748. The molecule has 0 fully saturated rings. The molecule has 1 aromatic rings. The standard InChI is InChI=1S/C14H19N/c1-4-5-11-13(15)14(2,3)12-9-7-6-8-10-12/h6-10,13H,11,15H2,1-3H3. The van der Waals surface area contributed by atoms with Gasteiger partial charge in [-0.2, -0.15) is 0 Å². The lowest BCUT2D eigenvalue weighted by molar-refractivity contribution is 0.415. The van der Waals surface area contributed by atoms with Gasteiger partial charge in [-0.1, -0.05) is 44.2 Å². The molecule has 80 valence electrons. The van der Waals surface area contributed by atoms with Crippen LogP contribution in [0.3, 0.4) is 0 Å². The van der Waals surface area contributed by atoms with Crippen molar-refractivity contribution in [2.24, 2.45) is 5.73 Å². The zero-order valence-electron chi connectivity index (χ0n) is 9.75. The van der Waals surface area contributed by atoms with E-state index in [9.17, 15) is 0 Å². The van der Waals surface area contributed by atoms with Gasteiger partial charge < -0.3 is 5.73 Å². The molecule has 0 aliphatic rings. The van der Waals surface area contributed by atoms with Crippen LogP contribution in [0, 0.1) is 11.8 Å². The van der Waals surface area contributed by atoms with Gasteiger partial charge in [0.05, 0.1) is 0 Å². The Morgan fingerprint density at radius 2 is 1.87 bits per heavy atom. The van der Waals surface area contributed by atoms with E-state index in [1.54, 1.807) is 0 Å². The Bertz CT molecular complexity index is 354. The maximum Gasteiger partial charge on any atom is 0.0249 e. The van der Waals surface area contributed by atoms with Crippen molar-refractivity contribution in [1.82, 2.24) is 0 Å². The Hall–Kier alpha value is -1.26. The molecular weight excluding hydrogens is 182 g/mol. The first-order valence-corrected chi connectivity index (χ1v) is 5.29. The van der Waals surface area contributed by atoms with E-state index in [1.165, 1.54) is 5.56 Å². The van der Waals surface area contributed by atoms with Crippen LogP contribution in [-0.4, -0.2) is 6.04 Å². The summed E-state index contributed by atoms with van der Waals surface area (Å²) in [5.74, 6) is 5.94. The number of hydrogen-bond acceptors (Lipinski definition) is 1. The Morgan fingerprint density at radius 3 is 2.40 bits per heavy atom. The Kier molecular flexibility index (Phi) is 3.94. The number of nitrogens with two attached hydrogens (primary N) is 1. The van der Waals surface area contributed by atoms with Crippen molar-refractivity contribution >= 4 is 0 Å². The van der Waals surface area contributed by atoms with E-state index in [0.717, 1.165) is 6.42 Å². The van der Waals surface area contributed by atoms with Gasteiger partial charge in [0, 0.05) is 17.9 Å². The maximum absolute atomic E-state index is 6.17. The van der Waals surface area contributed by atoms with Crippen molar-refractivity contribution in [3.63, 3.8) is 0 Å². The zero-order chi connectivity index (χ0) is 11.3. The van der Waals surface area contributed by atoms with Gasteiger partial charge in [0.2, 0.25) is 0 Å². The summed E-state index contributed by atoms with van der Waals surface area (Å²) in [6, 6.07) is 10.5. The van der Waals surface area contributed by atoms with Crippen LogP contribution in [0.5, 0.6) is 0 Å². The first-order valence-electron chi connectivity index (χ1n) is 5.29. The second-order valence-corrected chi connectivity index (χ2v) is 4.33. The normalized spacial score (nSPS) is 12.8. The molecule has 1 nitrogen and oxygen atoms in total. The SMILES string of the molecule is CC#CCC(N)C(C)(C)c1ccccc1. The van der Waals surface area contributed by atoms with Crippen LogP contribution >= 0.6 is 0 Å². The molecule has 0 amide bonds. The number of benzene rings is 1. The van der Waals surface area contributed by atoms with Crippen LogP contribution in [0.15, 0.2) is 30.3 Å². The lowest BCUT2D eigenvalue weighted by atomic mass is 9.77. The van der Waals surface area contributed by atoms with E-state index in [1.807, 2.05) is 13.0 Å². The molecule has 2 N–H and O–H groups in total. The van der Waals surface area contributed by atoms with E-state index in [-0.39, 0.29) is 11.5 Å². The molecule has 0 spiro atoms. The molecule has 0 aliphatic heterocycles. The molecule has 0 radical (unpaired) electrons. The third kappa shape index (κ3) is 2.84. The fourth-order valence-corrected chi connectivity index (χ4v) is 1.55. The fourth-order valence-electron chi connectivity index (χ4n) is 1.55. The van der Waals surface area contributed by atoms with Crippen LogP contribution in [0.4, 0.5) is 0 Å². The molecule has 0 saturated heterocycles. The summed E-state index contributed by atoms with van der Waals surface area (Å²) in [5.41, 5.74) is 7.42. The summed E-state index contributed by atoms with van der Waals surface area (Å²) in [4.78, 5) is 0. The smallest absolute Gasteiger partial charge is 0.0249 e. The lowest BCUT2D eigenvalue weighted by Gasteiger charge is -2.31. The van der Waals surface area contributed by atoms with Crippen LogP contribution in [0.2, 0.25) is 0 Å². The predicted molar refractivity (Wildman–Crippen MR) is 65.5 cm³/mol. The molecule has 1 rings (SSSR count). The molecule has 0 saturated carbocycles. The number of rotatable bonds is 3. The van der Waals surface area contributed by atoms with Gasteiger partial charge in [0.1, 0.15) is 0 Å². The average molecular weight is 201 g/mol. The van der Waals surface area contributed by atoms with Crippen LogP contribution in [0.25, 0.3) is 0 Å². The summed E-state index contributed by atoms with van der Waals surface area (Å²) in [7, 11) is 0. The molecule has 0 bridgehead atoms. The zero-order valence-corrected chi connectivity index (χ0v) is 9.75. The highest BCUT2D eigenvalue weighted by atomic mass is 14.7. The third-order valence-corrected chi connectivity index (χ3v) is 2.94. The van der Waals surface area contributed by atoms with E-state index in [2.05, 4.69) is 50.0 Å². The molecule has 1 unspecified atom stereocenters. The molecule has 0 heterocycles. The minimum Gasteiger partial charge on any atom is -0.326 e. The molecule has 15 heavy (non-hydrogen) atoms. The largest absolute Gasteiger partial charge is 0.326 e. The van der Waals surface area contributed by atoms with Gasteiger partial charge in [-0.3, -0.25) is 0 Å². The average Bonchev–Trinajstić information content (AvgIpc) is 2.27. The molecule has 1 aromatic carbocycles. The van der Waals surface area contributed by atoms with E-state index in [4.69, 9.17) is 5.73 Å². The third-order valence-electron chi connectivity index (χ3n) is 2.94. The summed E-state index contributed by atoms with van der Waals surface area (Å²) in [5, 5.41) is 0. The molecule has 0 aliphatic carbocycles. The van der Waals surface area contributed by atoms with E-state index in [0.29, 0.717) is 0 Å². The molecule has 1 heteroatoms. The van der Waals surface area contributed by atoms with E-state index >= 15 is 0 Å². The monoisotopic (exact) mass is 201 g/mol. The topological polar surface area (TPSA) is 26.0 Å². The summed E-state index contributed by atoms with van der Waals surface area (Å²) in [6.45, 7) is 6.19. The summed E-state index contributed by atoms with van der Waals surface area (Å²) >= 11 is 0. The van der Waals surface area contributed by atoms with Crippen molar-refractivity contribution in [2.75, 3.05) is 0 Å². The quantitative estimate of drug-likeness (QED) is 0.748. The Balaban J connectivity index is 2.85.